The fraction of sp³-hybridized carbons (Fsp3) is 0.211. The lowest BCUT2D eigenvalue weighted by atomic mass is 10.1. The van der Waals surface area contributed by atoms with Crippen molar-refractivity contribution >= 4 is 23.4 Å². The van der Waals surface area contributed by atoms with Crippen LogP contribution >= 0.6 is 0 Å². The average Bonchev–Trinajstić information content (AvgIpc) is 2.69. The van der Waals surface area contributed by atoms with E-state index in [1.807, 2.05) is 0 Å². The monoisotopic (exact) mass is 409 g/mol. The van der Waals surface area contributed by atoms with E-state index in [9.17, 15) is 28.1 Å². The van der Waals surface area contributed by atoms with Crippen molar-refractivity contribution in [3.05, 3.63) is 69.8 Å². The molecule has 0 saturated carbocycles. The molecule has 2 N–H and O–H groups in total. The van der Waals surface area contributed by atoms with Gasteiger partial charge in [0.05, 0.1) is 17.6 Å². The van der Waals surface area contributed by atoms with Crippen molar-refractivity contribution in [2.24, 2.45) is 0 Å². The molecule has 0 aromatic heterocycles. The molecular weight excluding hydrogens is 391 g/mol. The Morgan fingerprint density at radius 3 is 2.59 bits per heavy atom. The molecule has 10 heteroatoms. The van der Waals surface area contributed by atoms with E-state index in [4.69, 9.17) is 4.74 Å². The van der Waals surface area contributed by atoms with Crippen LogP contribution in [-0.4, -0.2) is 31.0 Å². The Bertz CT molecular complexity index is 914. The lowest BCUT2D eigenvalue weighted by Gasteiger charge is -2.10. The van der Waals surface area contributed by atoms with E-state index in [0.717, 1.165) is 12.1 Å². The number of nitrogens with zero attached hydrogens (tertiary/aromatic N) is 1. The molecule has 0 bridgehead atoms. The molecular formula is C19H18F3N3O4. The number of para-hydroxylation sites is 1. The van der Waals surface area contributed by atoms with Crippen molar-refractivity contribution in [2.45, 2.75) is 6.18 Å². The van der Waals surface area contributed by atoms with Crippen molar-refractivity contribution in [2.75, 3.05) is 25.5 Å². The minimum atomic E-state index is -4.68. The molecule has 0 atom stereocenters. The summed E-state index contributed by atoms with van der Waals surface area (Å²) in [5.41, 5.74) is -1.16. The van der Waals surface area contributed by atoms with E-state index in [-0.39, 0.29) is 18.8 Å². The number of rotatable bonds is 8. The summed E-state index contributed by atoms with van der Waals surface area (Å²) in [6.07, 6.45) is -1.80. The van der Waals surface area contributed by atoms with Crippen LogP contribution in [0.15, 0.2) is 48.5 Å². The number of hydrogen-bond acceptors (Lipinski definition) is 5. The van der Waals surface area contributed by atoms with E-state index in [2.05, 4.69) is 10.6 Å². The van der Waals surface area contributed by atoms with Crippen molar-refractivity contribution in [1.29, 1.82) is 0 Å². The first-order valence-electron chi connectivity index (χ1n) is 8.41. The Morgan fingerprint density at radius 1 is 1.21 bits per heavy atom. The standard InChI is InChI=1S/C19H18F3N3O4/c1-29-17-5-3-2-4-13(17)6-9-18(26)24-11-10-23-15-8-7-14(19(20,21)22)12-16(15)25(27)28/h2-9,12,23H,10-11H2,1H3,(H,24,26)/b9-6+. The van der Waals surface area contributed by atoms with Gasteiger partial charge in [-0.1, -0.05) is 18.2 Å². The second-order valence-corrected chi connectivity index (χ2v) is 5.78. The van der Waals surface area contributed by atoms with Crippen molar-refractivity contribution < 1.29 is 27.6 Å². The number of anilines is 1. The first-order chi connectivity index (χ1) is 13.7. The van der Waals surface area contributed by atoms with E-state index in [1.54, 1.807) is 30.3 Å². The molecule has 154 valence electrons. The number of ether oxygens (including phenoxy) is 1. The molecule has 0 aliphatic heterocycles. The average molecular weight is 409 g/mol. The predicted molar refractivity (Wildman–Crippen MR) is 102 cm³/mol. The highest BCUT2D eigenvalue weighted by molar-refractivity contribution is 5.92. The number of nitro benzene ring substituents is 1. The predicted octanol–water partition coefficient (Wildman–Crippen LogP) is 3.86. The topological polar surface area (TPSA) is 93.5 Å². The molecule has 0 saturated heterocycles. The Labute approximate surface area is 164 Å². The number of carbonyl (C=O) groups is 1. The van der Waals surface area contributed by atoms with Gasteiger partial charge in [0, 0.05) is 30.8 Å². The largest absolute Gasteiger partial charge is 0.496 e. The highest BCUT2D eigenvalue weighted by Gasteiger charge is 2.32. The van der Waals surface area contributed by atoms with Gasteiger partial charge in [-0.2, -0.15) is 13.2 Å². The number of alkyl halides is 3. The fourth-order valence-corrected chi connectivity index (χ4v) is 2.42. The number of benzene rings is 2. The normalized spacial score (nSPS) is 11.3. The summed E-state index contributed by atoms with van der Waals surface area (Å²) in [5.74, 6) is 0.201. The SMILES string of the molecule is COc1ccccc1/C=C/C(=O)NCCNc1ccc(C(F)(F)F)cc1[N+](=O)[O-]. The quantitative estimate of drug-likeness (QED) is 0.299. The Morgan fingerprint density at radius 2 is 1.93 bits per heavy atom. The van der Waals surface area contributed by atoms with Crippen LogP contribution in [0.1, 0.15) is 11.1 Å². The second-order valence-electron chi connectivity index (χ2n) is 5.78. The molecule has 0 unspecified atom stereocenters. The van der Waals surface area contributed by atoms with Gasteiger partial charge < -0.3 is 15.4 Å². The van der Waals surface area contributed by atoms with Crippen LogP contribution in [-0.2, 0) is 11.0 Å². The summed E-state index contributed by atoms with van der Waals surface area (Å²) in [7, 11) is 1.51. The van der Waals surface area contributed by atoms with Gasteiger partial charge in [-0.15, -0.1) is 0 Å². The number of carbonyl (C=O) groups excluding carboxylic acids is 1. The van der Waals surface area contributed by atoms with Gasteiger partial charge in [-0.25, -0.2) is 0 Å². The Kier molecular flexibility index (Phi) is 7.18. The van der Waals surface area contributed by atoms with Crippen LogP contribution in [0.25, 0.3) is 6.08 Å². The molecule has 7 nitrogen and oxygen atoms in total. The molecule has 2 aromatic rings. The lowest BCUT2D eigenvalue weighted by Crippen LogP contribution is -2.27. The number of amides is 1. The molecule has 2 rings (SSSR count). The summed E-state index contributed by atoms with van der Waals surface area (Å²) < 4.78 is 43.3. The third-order valence-corrected chi connectivity index (χ3v) is 3.81. The van der Waals surface area contributed by atoms with Crippen LogP contribution in [0.2, 0.25) is 0 Å². The molecule has 1 amide bonds. The number of halogens is 3. The summed E-state index contributed by atoms with van der Waals surface area (Å²) >= 11 is 0. The van der Waals surface area contributed by atoms with Gasteiger partial charge in [-0.05, 0) is 24.3 Å². The molecule has 0 heterocycles. The zero-order valence-electron chi connectivity index (χ0n) is 15.3. The lowest BCUT2D eigenvalue weighted by molar-refractivity contribution is -0.384. The van der Waals surface area contributed by atoms with Crippen molar-refractivity contribution in [3.63, 3.8) is 0 Å². The first kappa shape index (κ1) is 21.7. The number of nitro groups is 1. The highest BCUT2D eigenvalue weighted by Crippen LogP contribution is 2.34. The van der Waals surface area contributed by atoms with Crippen molar-refractivity contribution in [3.8, 4) is 5.75 Å². The molecule has 0 radical (unpaired) electrons. The van der Waals surface area contributed by atoms with Gasteiger partial charge in [0.2, 0.25) is 5.91 Å². The Hall–Kier alpha value is -3.56. The molecule has 2 aromatic carbocycles. The molecule has 0 fully saturated rings. The first-order valence-corrected chi connectivity index (χ1v) is 8.41. The van der Waals surface area contributed by atoms with Gasteiger partial charge in [-0.3, -0.25) is 14.9 Å². The summed E-state index contributed by atoms with van der Waals surface area (Å²) in [4.78, 5) is 22.0. The van der Waals surface area contributed by atoms with Gasteiger partial charge >= 0.3 is 6.18 Å². The number of nitrogens with one attached hydrogen (secondary N) is 2. The molecule has 0 spiro atoms. The molecule has 29 heavy (non-hydrogen) atoms. The third-order valence-electron chi connectivity index (χ3n) is 3.81. The number of hydrogen-bond donors (Lipinski definition) is 2. The maximum Gasteiger partial charge on any atom is 0.416 e. The van der Waals surface area contributed by atoms with E-state index >= 15 is 0 Å². The molecule has 0 aliphatic rings. The third kappa shape index (κ3) is 6.23. The number of methoxy groups -OCH3 is 1. The van der Waals surface area contributed by atoms with Crippen LogP contribution in [0.3, 0.4) is 0 Å². The maximum atomic E-state index is 12.7. The van der Waals surface area contributed by atoms with Crippen LogP contribution in [0.5, 0.6) is 5.75 Å². The minimum Gasteiger partial charge on any atom is -0.496 e. The van der Waals surface area contributed by atoms with Crippen LogP contribution in [0, 0.1) is 10.1 Å². The zero-order valence-corrected chi connectivity index (χ0v) is 15.3. The van der Waals surface area contributed by atoms with Gasteiger partial charge in [0.15, 0.2) is 0 Å². The molecule has 0 aliphatic carbocycles. The highest BCUT2D eigenvalue weighted by atomic mass is 19.4. The zero-order chi connectivity index (χ0) is 21.4. The van der Waals surface area contributed by atoms with Crippen LogP contribution in [0.4, 0.5) is 24.5 Å². The van der Waals surface area contributed by atoms with E-state index in [1.165, 1.54) is 13.2 Å². The second kappa shape index (κ2) is 9.58. The summed E-state index contributed by atoms with van der Waals surface area (Å²) in [6.45, 7) is 0.188. The smallest absolute Gasteiger partial charge is 0.416 e. The van der Waals surface area contributed by atoms with Gasteiger partial charge in [0.25, 0.3) is 5.69 Å². The van der Waals surface area contributed by atoms with Crippen molar-refractivity contribution in [1.82, 2.24) is 5.32 Å². The summed E-state index contributed by atoms with van der Waals surface area (Å²) in [6, 6.07) is 9.32. The summed E-state index contributed by atoms with van der Waals surface area (Å²) in [5, 5.41) is 16.2. The van der Waals surface area contributed by atoms with E-state index < -0.39 is 28.3 Å². The van der Waals surface area contributed by atoms with Crippen LogP contribution < -0.4 is 15.4 Å². The van der Waals surface area contributed by atoms with Gasteiger partial charge in [0.1, 0.15) is 11.4 Å². The maximum absolute atomic E-state index is 12.7. The van der Waals surface area contributed by atoms with E-state index in [0.29, 0.717) is 17.4 Å². The minimum absolute atomic E-state index is 0.0678. The Balaban J connectivity index is 1.91. The fourth-order valence-electron chi connectivity index (χ4n) is 2.42.